The molecule has 1 aliphatic heterocycles. The van der Waals surface area contributed by atoms with Gasteiger partial charge in [-0.05, 0) is 63.8 Å². The van der Waals surface area contributed by atoms with Crippen molar-refractivity contribution in [1.82, 2.24) is 14.7 Å². The summed E-state index contributed by atoms with van der Waals surface area (Å²) in [7, 11) is 0. The summed E-state index contributed by atoms with van der Waals surface area (Å²) in [6.45, 7) is 7.84. The molecule has 1 fully saturated rings. The minimum absolute atomic E-state index is 0.233. The van der Waals surface area contributed by atoms with Gasteiger partial charge in [0.25, 0.3) is 0 Å². The molecule has 1 amide bonds. The Morgan fingerprint density at radius 3 is 2.50 bits per heavy atom. The number of nitriles is 1. The summed E-state index contributed by atoms with van der Waals surface area (Å²) in [5, 5.41) is 13.2. The zero-order valence-electron chi connectivity index (χ0n) is 16.6. The molecule has 0 radical (unpaired) electrons. The summed E-state index contributed by atoms with van der Waals surface area (Å²) < 4.78 is 13.1. The van der Waals surface area contributed by atoms with Gasteiger partial charge < -0.3 is 14.4 Å². The predicted octanol–water partition coefficient (Wildman–Crippen LogP) is 4.19. The van der Waals surface area contributed by atoms with E-state index in [9.17, 15) is 4.79 Å². The lowest BCUT2D eigenvalue weighted by atomic mass is 9.97. The van der Waals surface area contributed by atoms with E-state index in [1.165, 1.54) is 0 Å². The number of carbonyl (C=O) groups excluding carboxylic acids is 1. The molecular weight excluding hydrogens is 356 g/mol. The average molecular weight is 382 g/mol. The maximum absolute atomic E-state index is 12.1. The van der Waals surface area contributed by atoms with Gasteiger partial charge in [-0.1, -0.05) is 0 Å². The number of carbonyl (C=O) groups is 1. The molecule has 0 unspecified atom stereocenters. The lowest BCUT2D eigenvalue weighted by Crippen LogP contribution is -2.42. The molecule has 1 saturated heterocycles. The summed E-state index contributed by atoms with van der Waals surface area (Å²) in [4.78, 5) is 13.9. The third-order valence-electron chi connectivity index (χ3n) is 4.54. The van der Waals surface area contributed by atoms with Gasteiger partial charge in [0.05, 0.1) is 24.0 Å². The standard InChI is InChI=1S/C21H26N4O3/c1-21(2,3)28-20(26)24-10-8-17(9-11-24)14-25-15-19(13-23-25)27-18-6-4-16(12-22)5-7-18/h4-7,13,15,17H,8-11,14H2,1-3H3. The third-order valence-corrected chi connectivity index (χ3v) is 4.54. The second-order valence-electron chi connectivity index (χ2n) is 8.05. The SMILES string of the molecule is CC(C)(C)OC(=O)N1CCC(Cn2cc(Oc3ccc(C#N)cc3)cn2)CC1. The number of nitrogens with zero attached hydrogens (tertiary/aromatic N) is 4. The first kappa shape index (κ1) is 19.7. The lowest BCUT2D eigenvalue weighted by Gasteiger charge is -2.33. The highest BCUT2D eigenvalue weighted by Gasteiger charge is 2.27. The van der Waals surface area contributed by atoms with Gasteiger partial charge in [-0.3, -0.25) is 4.68 Å². The van der Waals surface area contributed by atoms with E-state index in [0.29, 0.717) is 36.1 Å². The molecule has 0 atom stereocenters. The number of hydrogen-bond donors (Lipinski definition) is 0. The molecule has 148 valence electrons. The van der Waals surface area contributed by atoms with Gasteiger partial charge in [0.2, 0.25) is 0 Å². The Balaban J connectivity index is 1.48. The summed E-state index contributed by atoms with van der Waals surface area (Å²) >= 11 is 0. The molecule has 7 nitrogen and oxygen atoms in total. The number of hydrogen-bond acceptors (Lipinski definition) is 5. The topological polar surface area (TPSA) is 80.4 Å². The highest BCUT2D eigenvalue weighted by atomic mass is 16.6. The molecule has 28 heavy (non-hydrogen) atoms. The first-order chi connectivity index (χ1) is 13.3. The molecular formula is C21H26N4O3. The molecule has 1 aromatic carbocycles. The molecule has 0 aliphatic carbocycles. The fourth-order valence-electron chi connectivity index (χ4n) is 3.12. The van der Waals surface area contributed by atoms with Gasteiger partial charge in [0.1, 0.15) is 11.4 Å². The van der Waals surface area contributed by atoms with E-state index < -0.39 is 5.60 Å². The Kier molecular flexibility index (Phi) is 5.88. The number of piperidine rings is 1. The van der Waals surface area contributed by atoms with E-state index in [1.54, 1.807) is 35.4 Å². The molecule has 0 N–H and O–H groups in total. The average Bonchev–Trinajstić information content (AvgIpc) is 3.08. The normalized spacial score (nSPS) is 15.1. The van der Waals surface area contributed by atoms with Crippen molar-refractivity contribution in [2.45, 2.75) is 45.8 Å². The van der Waals surface area contributed by atoms with Crippen molar-refractivity contribution in [3.8, 4) is 17.6 Å². The molecule has 0 bridgehead atoms. The summed E-state index contributed by atoms with van der Waals surface area (Å²) in [5.41, 5.74) is 0.134. The van der Waals surface area contributed by atoms with Crippen molar-refractivity contribution >= 4 is 6.09 Å². The van der Waals surface area contributed by atoms with Crippen LogP contribution in [0.25, 0.3) is 0 Å². The van der Waals surface area contributed by atoms with Crippen LogP contribution < -0.4 is 4.74 Å². The quantitative estimate of drug-likeness (QED) is 0.792. The van der Waals surface area contributed by atoms with E-state index in [-0.39, 0.29) is 6.09 Å². The van der Waals surface area contributed by atoms with Gasteiger partial charge in [-0.2, -0.15) is 10.4 Å². The number of benzene rings is 1. The monoisotopic (exact) mass is 382 g/mol. The van der Waals surface area contributed by atoms with Crippen LogP contribution >= 0.6 is 0 Å². The summed E-state index contributed by atoms with van der Waals surface area (Å²) in [6.07, 6.45) is 5.17. The first-order valence-corrected chi connectivity index (χ1v) is 9.51. The van der Waals surface area contributed by atoms with Crippen molar-refractivity contribution in [3.05, 3.63) is 42.2 Å². The molecule has 2 heterocycles. The van der Waals surface area contributed by atoms with Crippen LogP contribution in [0.2, 0.25) is 0 Å². The second kappa shape index (κ2) is 8.34. The maximum atomic E-state index is 12.1. The first-order valence-electron chi connectivity index (χ1n) is 9.51. The van der Waals surface area contributed by atoms with Crippen LogP contribution in [0, 0.1) is 17.2 Å². The van der Waals surface area contributed by atoms with Crippen molar-refractivity contribution < 1.29 is 14.3 Å². The van der Waals surface area contributed by atoms with E-state index in [4.69, 9.17) is 14.7 Å². The number of rotatable bonds is 4. The summed E-state index contributed by atoms with van der Waals surface area (Å²) in [5.74, 6) is 1.79. The smallest absolute Gasteiger partial charge is 0.410 e. The van der Waals surface area contributed by atoms with Crippen molar-refractivity contribution in [3.63, 3.8) is 0 Å². The van der Waals surface area contributed by atoms with E-state index in [0.717, 1.165) is 19.4 Å². The molecule has 7 heteroatoms. The van der Waals surface area contributed by atoms with E-state index in [1.807, 2.05) is 31.6 Å². The number of amides is 1. The molecule has 2 aromatic rings. The van der Waals surface area contributed by atoms with Crippen LogP contribution in [-0.2, 0) is 11.3 Å². The van der Waals surface area contributed by atoms with Gasteiger partial charge >= 0.3 is 6.09 Å². The minimum atomic E-state index is -0.464. The van der Waals surface area contributed by atoms with Crippen molar-refractivity contribution in [2.75, 3.05) is 13.1 Å². The zero-order valence-corrected chi connectivity index (χ0v) is 16.6. The minimum Gasteiger partial charge on any atom is -0.454 e. The second-order valence-corrected chi connectivity index (χ2v) is 8.05. The van der Waals surface area contributed by atoms with Gasteiger partial charge in [-0.25, -0.2) is 4.79 Å². The van der Waals surface area contributed by atoms with Crippen LogP contribution in [0.1, 0.15) is 39.2 Å². The van der Waals surface area contributed by atoms with E-state index in [2.05, 4.69) is 11.2 Å². The Morgan fingerprint density at radius 2 is 1.89 bits per heavy atom. The summed E-state index contributed by atoms with van der Waals surface area (Å²) in [6, 6.07) is 9.06. The zero-order chi connectivity index (χ0) is 20.1. The highest BCUT2D eigenvalue weighted by molar-refractivity contribution is 5.68. The molecule has 3 rings (SSSR count). The number of likely N-dealkylation sites (tertiary alicyclic amines) is 1. The largest absolute Gasteiger partial charge is 0.454 e. The van der Waals surface area contributed by atoms with Gasteiger partial charge in [-0.15, -0.1) is 0 Å². The van der Waals surface area contributed by atoms with E-state index >= 15 is 0 Å². The maximum Gasteiger partial charge on any atom is 0.410 e. The van der Waals surface area contributed by atoms with Crippen LogP contribution in [0.3, 0.4) is 0 Å². The highest BCUT2D eigenvalue weighted by Crippen LogP contribution is 2.24. The Labute approximate surface area is 165 Å². The molecule has 1 aromatic heterocycles. The van der Waals surface area contributed by atoms with Gasteiger partial charge in [0, 0.05) is 19.6 Å². The fourth-order valence-corrected chi connectivity index (χ4v) is 3.12. The van der Waals surface area contributed by atoms with Crippen LogP contribution in [-0.4, -0.2) is 39.5 Å². The molecule has 1 aliphatic rings. The number of aromatic nitrogens is 2. The Bertz CT molecular complexity index is 838. The van der Waals surface area contributed by atoms with Crippen molar-refractivity contribution in [2.24, 2.45) is 5.92 Å². The molecule has 0 spiro atoms. The third kappa shape index (κ3) is 5.49. The van der Waals surface area contributed by atoms with Crippen molar-refractivity contribution in [1.29, 1.82) is 5.26 Å². The predicted molar refractivity (Wildman–Crippen MR) is 104 cm³/mol. The Morgan fingerprint density at radius 1 is 1.21 bits per heavy atom. The Hall–Kier alpha value is -3.01. The molecule has 0 saturated carbocycles. The van der Waals surface area contributed by atoms with Crippen LogP contribution in [0.5, 0.6) is 11.5 Å². The fraction of sp³-hybridized carbons (Fsp3) is 0.476. The van der Waals surface area contributed by atoms with Crippen LogP contribution in [0.4, 0.5) is 4.79 Å². The van der Waals surface area contributed by atoms with Gasteiger partial charge in [0.15, 0.2) is 5.75 Å². The number of ether oxygens (including phenoxy) is 2. The lowest BCUT2D eigenvalue weighted by molar-refractivity contribution is 0.0177. The van der Waals surface area contributed by atoms with Crippen LogP contribution in [0.15, 0.2) is 36.7 Å².